The number of rotatable bonds is 3. The summed E-state index contributed by atoms with van der Waals surface area (Å²) < 4.78 is 0. The van der Waals surface area contributed by atoms with Crippen molar-refractivity contribution in [3.05, 3.63) is 53.9 Å². The van der Waals surface area contributed by atoms with Crippen molar-refractivity contribution in [1.82, 2.24) is 10.3 Å². The highest BCUT2D eigenvalue weighted by Crippen LogP contribution is 2.31. The van der Waals surface area contributed by atoms with Crippen LogP contribution in [-0.2, 0) is 0 Å². The molecule has 1 aromatic carbocycles. The van der Waals surface area contributed by atoms with Gasteiger partial charge in [-0.1, -0.05) is 35.9 Å². The van der Waals surface area contributed by atoms with Crippen molar-refractivity contribution in [2.75, 3.05) is 7.05 Å². The van der Waals surface area contributed by atoms with Gasteiger partial charge < -0.3 is 5.32 Å². The van der Waals surface area contributed by atoms with Gasteiger partial charge in [0.1, 0.15) is 0 Å². The van der Waals surface area contributed by atoms with Crippen molar-refractivity contribution in [2.24, 2.45) is 0 Å². The van der Waals surface area contributed by atoms with Crippen LogP contribution in [0.1, 0.15) is 37.4 Å². The van der Waals surface area contributed by atoms with E-state index in [9.17, 15) is 0 Å². The molecule has 98 valence electrons. The Labute approximate surface area is 114 Å². The van der Waals surface area contributed by atoms with E-state index in [0.717, 1.165) is 5.69 Å². The zero-order valence-corrected chi connectivity index (χ0v) is 11.4. The Kier molecular flexibility index (Phi) is 3.60. The number of hydrogen-bond donors (Lipinski definition) is 1. The fraction of sp³-hybridized carbons (Fsp3) is 0.353. The van der Waals surface area contributed by atoms with Crippen LogP contribution in [0.25, 0.3) is 10.8 Å². The zero-order chi connectivity index (χ0) is 13.1. The molecule has 2 heteroatoms. The van der Waals surface area contributed by atoms with Crippen LogP contribution in [0.15, 0.2) is 48.2 Å². The molecule has 2 nitrogen and oxygen atoms in total. The van der Waals surface area contributed by atoms with Crippen LogP contribution < -0.4 is 5.32 Å². The Balaban J connectivity index is 2.08. The monoisotopic (exact) mass is 252 g/mol. The predicted molar refractivity (Wildman–Crippen MR) is 80.1 cm³/mol. The van der Waals surface area contributed by atoms with E-state index < -0.39 is 0 Å². The van der Waals surface area contributed by atoms with Gasteiger partial charge >= 0.3 is 0 Å². The minimum absolute atomic E-state index is 0.256. The van der Waals surface area contributed by atoms with Crippen molar-refractivity contribution in [3.8, 4) is 0 Å². The molecule has 0 radical (unpaired) electrons. The van der Waals surface area contributed by atoms with E-state index in [4.69, 9.17) is 0 Å². The Hall–Kier alpha value is -1.67. The molecule has 1 aromatic heterocycles. The number of aromatic nitrogens is 1. The highest BCUT2D eigenvalue weighted by Gasteiger charge is 2.19. The van der Waals surface area contributed by atoms with Crippen molar-refractivity contribution < 1.29 is 0 Å². The standard InChI is InChI=1S/C17H20N2/c1-18-16(14-8-3-2-4-9-14)17-15-10-6-5-7-13(15)11-12-19-17/h5-8,10-12,16,18H,2-4,9H2,1H3. The van der Waals surface area contributed by atoms with E-state index in [2.05, 4.69) is 46.7 Å². The molecular formula is C17H20N2. The maximum Gasteiger partial charge on any atom is 0.0714 e. The largest absolute Gasteiger partial charge is 0.308 e. The second kappa shape index (κ2) is 5.54. The number of pyridine rings is 1. The van der Waals surface area contributed by atoms with Gasteiger partial charge in [0.05, 0.1) is 11.7 Å². The lowest BCUT2D eigenvalue weighted by Crippen LogP contribution is -2.21. The molecule has 19 heavy (non-hydrogen) atoms. The predicted octanol–water partition coefficient (Wildman–Crippen LogP) is 4.00. The average Bonchev–Trinajstić information content (AvgIpc) is 2.49. The van der Waals surface area contributed by atoms with E-state index in [1.54, 1.807) is 0 Å². The highest BCUT2D eigenvalue weighted by atomic mass is 14.9. The SMILES string of the molecule is CNC(C1=CCCCC1)c1nccc2ccccc12. The topological polar surface area (TPSA) is 24.9 Å². The molecule has 3 rings (SSSR count). The zero-order valence-electron chi connectivity index (χ0n) is 11.4. The minimum atomic E-state index is 0.256. The summed E-state index contributed by atoms with van der Waals surface area (Å²) in [5, 5.41) is 5.98. The summed E-state index contributed by atoms with van der Waals surface area (Å²) in [7, 11) is 2.03. The summed E-state index contributed by atoms with van der Waals surface area (Å²) in [6.45, 7) is 0. The van der Waals surface area contributed by atoms with Crippen LogP contribution in [0.2, 0.25) is 0 Å². The Morgan fingerprint density at radius 3 is 2.84 bits per heavy atom. The molecule has 0 fully saturated rings. The first-order valence-electron chi connectivity index (χ1n) is 7.10. The van der Waals surface area contributed by atoms with Crippen molar-refractivity contribution in [1.29, 1.82) is 0 Å². The molecule has 0 aliphatic heterocycles. The van der Waals surface area contributed by atoms with Crippen LogP contribution in [-0.4, -0.2) is 12.0 Å². The van der Waals surface area contributed by atoms with Crippen LogP contribution >= 0.6 is 0 Å². The summed E-state index contributed by atoms with van der Waals surface area (Å²) in [5.74, 6) is 0. The lowest BCUT2D eigenvalue weighted by molar-refractivity contribution is 0.586. The molecule has 1 aliphatic carbocycles. The van der Waals surface area contributed by atoms with Crippen LogP contribution in [0.3, 0.4) is 0 Å². The number of benzene rings is 1. The Morgan fingerprint density at radius 2 is 2.05 bits per heavy atom. The molecule has 1 heterocycles. The Morgan fingerprint density at radius 1 is 1.16 bits per heavy atom. The number of nitrogens with one attached hydrogen (secondary N) is 1. The van der Waals surface area contributed by atoms with E-state index in [1.165, 1.54) is 42.0 Å². The average molecular weight is 252 g/mol. The van der Waals surface area contributed by atoms with Gasteiger partial charge in [-0.15, -0.1) is 0 Å². The van der Waals surface area contributed by atoms with Gasteiger partial charge in [-0.05, 0) is 44.2 Å². The fourth-order valence-corrected chi connectivity index (χ4v) is 3.00. The quantitative estimate of drug-likeness (QED) is 0.835. The second-order valence-electron chi connectivity index (χ2n) is 5.16. The van der Waals surface area contributed by atoms with Gasteiger partial charge in [-0.25, -0.2) is 0 Å². The Bertz CT molecular complexity index is 596. The maximum atomic E-state index is 4.65. The third kappa shape index (κ3) is 2.41. The third-order valence-electron chi connectivity index (χ3n) is 3.96. The van der Waals surface area contributed by atoms with Gasteiger partial charge in [0.15, 0.2) is 0 Å². The van der Waals surface area contributed by atoms with Crippen LogP contribution in [0.5, 0.6) is 0 Å². The fourth-order valence-electron chi connectivity index (χ4n) is 3.00. The van der Waals surface area contributed by atoms with E-state index >= 15 is 0 Å². The van der Waals surface area contributed by atoms with Gasteiger partial charge in [0, 0.05) is 11.6 Å². The molecule has 0 saturated carbocycles. The number of allylic oxidation sites excluding steroid dienone is 1. The lowest BCUT2D eigenvalue weighted by atomic mass is 9.90. The van der Waals surface area contributed by atoms with E-state index in [-0.39, 0.29) is 6.04 Å². The van der Waals surface area contributed by atoms with Crippen molar-refractivity contribution in [3.63, 3.8) is 0 Å². The number of nitrogens with zero attached hydrogens (tertiary/aromatic N) is 1. The first kappa shape index (κ1) is 12.4. The van der Waals surface area contributed by atoms with Crippen molar-refractivity contribution >= 4 is 10.8 Å². The van der Waals surface area contributed by atoms with Gasteiger partial charge in [-0.2, -0.15) is 0 Å². The smallest absolute Gasteiger partial charge is 0.0714 e. The number of hydrogen-bond acceptors (Lipinski definition) is 2. The van der Waals surface area contributed by atoms with Gasteiger partial charge in [0.25, 0.3) is 0 Å². The molecule has 0 spiro atoms. The van der Waals surface area contributed by atoms with Gasteiger partial charge in [-0.3, -0.25) is 4.98 Å². The van der Waals surface area contributed by atoms with Crippen molar-refractivity contribution in [2.45, 2.75) is 31.7 Å². The minimum Gasteiger partial charge on any atom is -0.308 e. The highest BCUT2D eigenvalue weighted by molar-refractivity contribution is 5.85. The molecule has 1 aliphatic rings. The molecule has 0 saturated heterocycles. The molecule has 0 amide bonds. The molecule has 1 N–H and O–H groups in total. The summed E-state index contributed by atoms with van der Waals surface area (Å²) in [6, 6.07) is 10.8. The third-order valence-corrected chi connectivity index (χ3v) is 3.96. The lowest BCUT2D eigenvalue weighted by Gasteiger charge is -2.23. The molecule has 1 atom stereocenters. The van der Waals surface area contributed by atoms with Gasteiger partial charge in [0.2, 0.25) is 0 Å². The number of likely N-dealkylation sites (N-methyl/N-ethyl adjacent to an activating group) is 1. The van der Waals surface area contributed by atoms with E-state index in [0.29, 0.717) is 0 Å². The van der Waals surface area contributed by atoms with E-state index in [1.807, 2.05) is 13.2 Å². The van der Waals surface area contributed by atoms with Crippen LogP contribution in [0, 0.1) is 0 Å². The summed E-state index contributed by atoms with van der Waals surface area (Å²) >= 11 is 0. The molecule has 1 unspecified atom stereocenters. The summed E-state index contributed by atoms with van der Waals surface area (Å²) in [6.07, 6.45) is 9.34. The maximum absolute atomic E-state index is 4.65. The summed E-state index contributed by atoms with van der Waals surface area (Å²) in [4.78, 5) is 4.65. The second-order valence-corrected chi connectivity index (χ2v) is 5.16. The first-order chi connectivity index (χ1) is 9.40. The molecule has 2 aromatic rings. The summed E-state index contributed by atoms with van der Waals surface area (Å²) in [5.41, 5.74) is 2.66. The molecular weight excluding hydrogens is 232 g/mol. The van der Waals surface area contributed by atoms with Crippen LogP contribution in [0.4, 0.5) is 0 Å². The molecule has 0 bridgehead atoms. The normalized spacial score (nSPS) is 17.2. The first-order valence-corrected chi connectivity index (χ1v) is 7.10. The number of fused-ring (bicyclic) bond motifs is 1.